The van der Waals surface area contributed by atoms with Gasteiger partial charge in [0.05, 0.1) is 19.1 Å². The van der Waals surface area contributed by atoms with Crippen LogP contribution in [0, 0.1) is 13.8 Å². The van der Waals surface area contributed by atoms with E-state index in [0.29, 0.717) is 30.9 Å². The quantitative estimate of drug-likeness (QED) is 0.740. The number of Topliss-reactive ketones (excluding diaryl/α,β-unsaturated/α-hetero) is 1. The minimum atomic E-state index is -0.505. The maximum absolute atomic E-state index is 12.8. The standard InChI is InChI=1S/C21H23N3O4/c1-13-10-14(2)19-15(11-13)17(25)12-21(28-19)6-8-24(9-7-21)18-5-4-16(22-23-18)20(26)27-3/h4-5,10-11H,6-9,12H2,1-3H3. The number of aromatic nitrogens is 2. The Morgan fingerprint density at radius 2 is 1.93 bits per heavy atom. The molecule has 3 heterocycles. The van der Waals surface area contributed by atoms with E-state index in [2.05, 4.69) is 25.9 Å². The van der Waals surface area contributed by atoms with E-state index in [1.54, 1.807) is 12.1 Å². The number of rotatable bonds is 2. The van der Waals surface area contributed by atoms with Crippen molar-refractivity contribution in [3.05, 3.63) is 46.6 Å². The number of esters is 1. The van der Waals surface area contributed by atoms with Crippen molar-refractivity contribution in [3.8, 4) is 5.75 Å². The van der Waals surface area contributed by atoms with Gasteiger partial charge in [-0.15, -0.1) is 10.2 Å². The van der Waals surface area contributed by atoms with Crippen molar-refractivity contribution in [2.75, 3.05) is 25.1 Å². The number of aryl methyl sites for hydroxylation is 2. The van der Waals surface area contributed by atoms with E-state index in [1.165, 1.54) is 7.11 Å². The molecule has 1 aromatic carbocycles. The Bertz CT molecular complexity index is 931. The number of nitrogens with zero attached hydrogens (tertiary/aromatic N) is 3. The van der Waals surface area contributed by atoms with Crippen molar-refractivity contribution >= 4 is 17.6 Å². The van der Waals surface area contributed by atoms with Crippen LogP contribution >= 0.6 is 0 Å². The number of ketones is 1. The number of carbonyl (C=O) groups is 2. The van der Waals surface area contributed by atoms with Gasteiger partial charge in [-0.05, 0) is 43.2 Å². The number of benzene rings is 1. The summed E-state index contributed by atoms with van der Waals surface area (Å²) < 4.78 is 11.1. The lowest BCUT2D eigenvalue weighted by atomic mass is 9.81. The summed E-state index contributed by atoms with van der Waals surface area (Å²) in [5.41, 5.74) is 2.51. The molecule has 0 N–H and O–H groups in total. The van der Waals surface area contributed by atoms with Crippen LogP contribution in [0.2, 0.25) is 0 Å². The topological polar surface area (TPSA) is 81.6 Å². The van der Waals surface area contributed by atoms with Crippen LogP contribution in [0.1, 0.15) is 51.2 Å². The normalized spacial score (nSPS) is 17.8. The molecule has 0 unspecified atom stereocenters. The Hall–Kier alpha value is -2.96. The van der Waals surface area contributed by atoms with Crippen molar-refractivity contribution in [1.29, 1.82) is 0 Å². The van der Waals surface area contributed by atoms with Gasteiger partial charge < -0.3 is 14.4 Å². The van der Waals surface area contributed by atoms with Crippen LogP contribution in [0.15, 0.2) is 24.3 Å². The molecular weight excluding hydrogens is 358 g/mol. The Kier molecular flexibility index (Phi) is 4.53. The highest BCUT2D eigenvalue weighted by Crippen LogP contribution is 2.41. The summed E-state index contributed by atoms with van der Waals surface area (Å²) in [5, 5.41) is 8.09. The average Bonchev–Trinajstić information content (AvgIpc) is 2.69. The van der Waals surface area contributed by atoms with Crippen molar-refractivity contribution in [2.45, 2.75) is 38.7 Å². The van der Waals surface area contributed by atoms with Gasteiger partial charge in [-0.1, -0.05) is 6.07 Å². The lowest BCUT2D eigenvalue weighted by molar-refractivity contribution is 0.0225. The van der Waals surface area contributed by atoms with Gasteiger partial charge in [0, 0.05) is 25.9 Å². The number of fused-ring (bicyclic) bond motifs is 1. The number of carbonyl (C=O) groups excluding carboxylic acids is 2. The van der Waals surface area contributed by atoms with Gasteiger partial charge in [0.1, 0.15) is 11.4 Å². The first-order chi connectivity index (χ1) is 13.4. The molecule has 0 atom stereocenters. The number of methoxy groups -OCH3 is 1. The van der Waals surface area contributed by atoms with Crippen molar-refractivity contribution < 1.29 is 19.1 Å². The smallest absolute Gasteiger partial charge is 0.358 e. The number of hydrogen-bond donors (Lipinski definition) is 0. The van der Waals surface area contributed by atoms with Gasteiger partial charge in [0.2, 0.25) is 0 Å². The molecule has 0 saturated carbocycles. The maximum atomic E-state index is 12.8. The van der Waals surface area contributed by atoms with E-state index >= 15 is 0 Å². The van der Waals surface area contributed by atoms with Gasteiger partial charge in [-0.25, -0.2) is 4.79 Å². The van der Waals surface area contributed by atoms with Crippen LogP contribution in [0.5, 0.6) is 5.75 Å². The van der Waals surface area contributed by atoms with E-state index in [9.17, 15) is 9.59 Å². The maximum Gasteiger partial charge on any atom is 0.358 e. The Balaban J connectivity index is 1.49. The third-order valence-corrected chi connectivity index (χ3v) is 5.56. The van der Waals surface area contributed by atoms with Gasteiger partial charge in [0.25, 0.3) is 0 Å². The molecule has 146 valence electrons. The second-order valence-electron chi connectivity index (χ2n) is 7.60. The molecule has 1 fully saturated rings. The predicted molar refractivity (Wildman–Crippen MR) is 103 cm³/mol. The SMILES string of the molecule is COC(=O)c1ccc(N2CCC3(CC2)CC(=O)c2cc(C)cc(C)c2O3)nn1. The lowest BCUT2D eigenvalue weighted by Crippen LogP contribution is -2.51. The highest BCUT2D eigenvalue weighted by molar-refractivity contribution is 6.01. The molecule has 7 nitrogen and oxygen atoms in total. The molecule has 2 aliphatic heterocycles. The zero-order valence-electron chi connectivity index (χ0n) is 16.3. The van der Waals surface area contributed by atoms with Crippen LogP contribution in [-0.2, 0) is 4.74 Å². The van der Waals surface area contributed by atoms with E-state index in [4.69, 9.17) is 4.74 Å². The molecule has 1 spiro atoms. The largest absolute Gasteiger partial charge is 0.486 e. The van der Waals surface area contributed by atoms with Crippen molar-refractivity contribution in [2.24, 2.45) is 0 Å². The first-order valence-corrected chi connectivity index (χ1v) is 9.41. The fourth-order valence-corrected chi connectivity index (χ4v) is 4.07. The van der Waals surface area contributed by atoms with Gasteiger partial charge in [0.15, 0.2) is 17.3 Å². The van der Waals surface area contributed by atoms with Crippen LogP contribution in [-0.4, -0.2) is 47.8 Å². The predicted octanol–water partition coefficient (Wildman–Crippen LogP) is 2.88. The highest BCUT2D eigenvalue weighted by Gasteiger charge is 2.43. The molecule has 28 heavy (non-hydrogen) atoms. The van der Waals surface area contributed by atoms with Crippen LogP contribution in [0.3, 0.4) is 0 Å². The van der Waals surface area contributed by atoms with Crippen LogP contribution in [0.25, 0.3) is 0 Å². The number of ether oxygens (including phenoxy) is 2. The second-order valence-corrected chi connectivity index (χ2v) is 7.60. The molecule has 2 aromatic rings. The number of anilines is 1. The van der Waals surface area contributed by atoms with Crippen LogP contribution < -0.4 is 9.64 Å². The fourth-order valence-electron chi connectivity index (χ4n) is 4.07. The summed E-state index contributed by atoms with van der Waals surface area (Å²) in [5.74, 6) is 1.09. The molecule has 2 aliphatic rings. The molecule has 0 bridgehead atoms. The molecule has 7 heteroatoms. The average molecular weight is 381 g/mol. The van der Waals surface area contributed by atoms with E-state index in [0.717, 1.165) is 29.7 Å². The first-order valence-electron chi connectivity index (χ1n) is 9.41. The summed E-state index contributed by atoms with van der Waals surface area (Å²) in [6, 6.07) is 7.36. The van der Waals surface area contributed by atoms with Gasteiger partial charge in [-0.3, -0.25) is 4.79 Å². The van der Waals surface area contributed by atoms with Crippen LogP contribution in [0.4, 0.5) is 5.82 Å². The Morgan fingerprint density at radius 3 is 2.57 bits per heavy atom. The first kappa shape index (κ1) is 18.4. The summed E-state index contributed by atoms with van der Waals surface area (Å²) in [6.45, 7) is 5.40. The van der Waals surface area contributed by atoms with Crippen molar-refractivity contribution in [3.63, 3.8) is 0 Å². The van der Waals surface area contributed by atoms with Gasteiger partial charge in [-0.2, -0.15) is 0 Å². The molecule has 4 rings (SSSR count). The Labute approximate surface area is 163 Å². The molecular formula is C21H23N3O4. The molecule has 1 saturated heterocycles. The van der Waals surface area contributed by atoms with E-state index in [-0.39, 0.29) is 11.5 Å². The Morgan fingerprint density at radius 1 is 1.18 bits per heavy atom. The minimum Gasteiger partial charge on any atom is -0.486 e. The number of hydrogen-bond acceptors (Lipinski definition) is 7. The zero-order valence-corrected chi connectivity index (χ0v) is 16.3. The van der Waals surface area contributed by atoms with Gasteiger partial charge >= 0.3 is 5.97 Å². The molecule has 1 aromatic heterocycles. The fraction of sp³-hybridized carbons (Fsp3) is 0.429. The second kappa shape index (κ2) is 6.89. The third-order valence-electron chi connectivity index (χ3n) is 5.56. The lowest BCUT2D eigenvalue weighted by Gasteiger charge is -2.44. The highest BCUT2D eigenvalue weighted by atomic mass is 16.5. The molecule has 0 radical (unpaired) electrons. The molecule has 0 amide bonds. The molecule has 0 aliphatic carbocycles. The zero-order chi connectivity index (χ0) is 19.9. The van der Waals surface area contributed by atoms with E-state index in [1.807, 2.05) is 19.9 Å². The van der Waals surface area contributed by atoms with Crippen molar-refractivity contribution in [1.82, 2.24) is 10.2 Å². The van der Waals surface area contributed by atoms with E-state index < -0.39 is 11.6 Å². The monoisotopic (exact) mass is 381 g/mol. The summed E-state index contributed by atoms with van der Waals surface area (Å²) >= 11 is 0. The summed E-state index contributed by atoms with van der Waals surface area (Å²) in [7, 11) is 1.31. The number of piperidine rings is 1. The minimum absolute atomic E-state index is 0.156. The summed E-state index contributed by atoms with van der Waals surface area (Å²) in [6.07, 6.45) is 1.86. The summed E-state index contributed by atoms with van der Waals surface area (Å²) in [4.78, 5) is 26.4. The third kappa shape index (κ3) is 3.21.